The number of nitrogens with zero attached hydrogens (tertiary/aromatic N) is 2. The zero-order valence-corrected chi connectivity index (χ0v) is 9.99. The molecule has 1 aromatic rings. The van der Waals surface area contributed by atoms with E-state index in [2.05, 4.69) is 21.0 Å². The number of aliphatic hydroxyl groups excluding tert-OH is 1. The second kappa shape index (κ2) is 5.48. The first kappa shape index (κ1) is 11.7. The summed E-state index contributed by atoms with van der Waals surface area (Å²) in [5.74, 6) is 0. The molecule has 0 aromatic carbocycles. The molecule has 0 saturated carbocycles. The first-order valence-electron chi connectivity index (χ1n) is 4.51. The summed E-state index contributed by atoms with van der Waals surface area (Å²) in [5, 5.41) is 13.9. The summed E-state index contributed by atoms with van der Waals surface area (Å²) in [7, 11) is 3.48. The number of hydrogen-bond acceptors (Lipinski definition) is 3. The Kier molecular flexibility index (Phi) is 4.57. The normalized spacial score (nSPS) is 13.1. The second-order valence-electron chi connectivity index (χ2n) is 3.15. The summed E-state index contributed by atoms with van der Waals surface area (Å²) >= 11 is 3.35. The van der Waals surface area contributed by atoms with Crippen LogP contribution < -0.4 is 0 Å². The van der Waals surface area contributed by atoms with Crippen molar-refractivity contribution in [3.8, 4) is 0 Å². The van der Waals surface area contributed by atoms with E-state index in [1.54, 1.807) is 18.0 Å². The fraction of sp³-hybridized carbons (Fsp3) is 0.667. The predicted octanol–water partition coefficient (Wildman–Crippen LogP) is 1.64. The number of aromatic nitrogens is 2. The zero-order valence-electron chi connectivity index (χ0n) is 8.40. The molecule has 0 aliphatic heterocycles. The van der Waals surface area contributed by atoms with Crippen LogP contribution in [0, 0.1) is 0 Å². The number of rotatable bonds is 5. The minimum absolute atomic E-state index is 0.480. The van der Waals surface area contributed by atoms with Gasteiger partial charge < -0.3 is 9.84 Å². The van der Waals surface area contributed by atoms with Crippen molar-refractivity contribution in [2.75, 3.05) is 13.7 Å². The van der Waals surface area contributed by atoms with Gasteiger partial charge in [0.15, 0.2) is 0 Å². The number of aryl methyl sites for hydroxylation is 1. The lowest BCUT2D eigenvalue weighted by Crippen LogP contribution is -2.06. The van der Waals surface area contributed by atoms with Crippen LogP contribution in [-0.2, 0) is 11.8 Å². The molecular weight excluding hydrogens is 248 g/mol. The number of halogens is 1. The Labute approximate surface area is 92.0 Å². The fourth-order valence-electron chi connectivity index (χ4n) is 1.35. The van der Waals surface area contributed by atoms with E-state index in [9.17, 15) is 5.11 Å². The molecule has 1 rings (SSSR count). The lowest BCUT2D eigenvalue weighted by molar-refractivity contribution is 0.129. The van der Waals surface area contributed by atoms with Gasteiger partial charge >= 0.3 is 0 Å². The highest BCUT2D eigenvalue weighted by molar-refractivity contribution is 9.10. The van der Waals surface area contributed by atoms with Gasteiger partial charge in [-0.3, -0.25) is 4.68 Å². The van der Waals surface area contributed by atoms with Gasteiger partial charge in [0.1, 0.15) is 0 Å². The minimum atomic E-state index is -0.480. The average Bonchev–Trinajstić information content (AvgIpc) is 2.46. The van der Waals surface area contributed by atoms with Crippen LogP contribution in [-0.4, -0.2) is 28.6 Å². The topological polar surface area (TPSA) is 47.3 Å². The van der Waals surface area contributed by atoms with Crippen LogP contribution >= 0.6 is 15.9 Å². The van der Waals surface area contributed by atoms with Gasteiger partial charge in [-0.15, -0.1) is 0 Å². The van der Waals surface area contributed by atoms with Crippen LogP contribution in [0.5, 0.6) is 0 Å². The van der Waals surface area contributed by atoms with E-state index >= 15 is 0 Å². The molecule has 1 heterocycles. The number of methoxy groups -OCH3 is 1. The molecule has 0 radical (unpaired) electrons. The van der Waals surface area contributed by atoms with Crippen LogP contribution in [0.25, 0.3) is 0 Å². The zero-order chi connectivity index (χ0) is 10.6. The predicted molar refractivity (Wildman–Crippen MR) is 57.0 cm³/mol. The lowest BCUT2D eigenvalue weighted by atomic mass is 10.1. The maximum absolute atomic E-state index is 9.85. The van der Waals surface area contributed by atoms with Gasteiger partial charge in [0.05, 0.1) is 22.5 Å². The average molecular weight is 263 g/mol. The molecule has 4 nitrogen and oxygen atoms in total. The molecule has 1 aromatic heterocycles. The van der Waals surface area contributed by atoms with Gasteiger partial charge in [-0.1, -0.05) is 0 Å². The maximum atomic E-state index is 9.85. The molecule has 0 amide bonds. The summed E-state index contributed by atoms with van der Waals surface area (Å²) in [6, 6.07) is 0. The second-order valence-corrected chi connectivity index (χ2v) is 4.01. The summed E-state index contributed by atoms with van der Waals surface area (Å²) in [6.45, 7) is 0.673. The van der Waals surface area contributed by atoms with Crippen molar-refractivity contribution in [1.29, 1.82) is 0 Å². The van der Waals surface area contributed by atoms with Crippen molar-refractivity contribution >= 4 is 15.9 Å². The molecule has 0 saturated heterocycles. The van der Waals surface area contributed by atoms with E-state index in [0.717, 1.165) is 16.6 Å². The van der Waals surface area contributed by atoms with Gasteiger partial charge in [0.2, 0.25) is 0 Å². The van der Waals surface area contributed by atoms with Crippen molar-refractivity contribution in [2.45, 2.75) is 18.9 Å². The van der Waals surface area contributed by atoms with Gasteiger partial charge in [0.25, 0.3) is 0 Å². The highest BCUT2D eigenvalue weighted by Crippen LogP contribution is 2.25. The fourth-order valence-corrected chi connectivity index (χ4v) is 1.97. The molecule has 1 N–H and O–H groups in total. The standard InChI is InChI=1S/C9H15BrN2O2/c1-12-9(7(10)6-11-12)8(13)4-3-5-14-2/h6,8,13H,3-5H2,1-2H3. The Bertz CT molecular complexity index is 269. The molecule has 14 heavy (non-hydrogen) atoms. The van der Waals surface area contributed by atoms with Gasteiger partial charge in [-0.25, -0.2) is 0 Å². The summed E-state index contributed by atoms with van der Waals surface area (Å²) in [6.07, 6.45) is 2.74. The van der Waals surface area contributed by atoms with Gasteiger partial charge in [-0.2, -0.15) is 5.10 Å². The van der Waals surface area contributed by atoms with Crippen molar-refractivity contribution in [2.24, 2.45) is 7.05 Å². The first-order valence-corrected chi connectivity index (χ1v) is 5.30. The Morgan fingerprint density at radius 1 is 1.71 bits per heavy atom. The van der Waals surface area contributed by atoms with Crippen molar-refractivity contribution < 1.29 is 9.84 Å². The summed E-state index contributed by atoms with van der Waals surface area (Å²) in [4.78, 5) is 0. The Hall–Kier alpha value is -0.390. The third-order valence-electron chi connectivity index (χ3n) is 2.08. The van der Waals surface area contributed by atoms with E-state index in [1.165, 1.54) is 0 Å². The lowest BCUT2D eigenvalue weighted by Gasteiger charge is -2.11. The SMILES string of the molecule is COCCCC(O)c1c(Br)cnn1C. The molecule has 0 aliphatic rings. The van der Waals surface area contributed by atoms with E-state index in [4.69, 9.17) is 4.74 Å². The molecule has 1 unspecified atom stereocenters. The molecule has 0 fully saturated rings. The Balaban J connectivity index is 2.55. The van der Waals surface area contributed by atoms with Gasteiger partial charge in [-0.05, 0) is 28.8 Å². The van der Waals surface area contributed by atoms with Crippen molar-refractivity contribution in [1.82, 2.24) is 9.78 Å². The Morgan fingerprint density at radius 3 is 2.93 bits per heavy atom. The number of aliphatic hydroxyl groups is 1. The monoisotopic (exact) mass is 262 g/mol. The minimum Gasteiger partial charge on any atom is -0.387 e. The van der Waals surface area contributed by atoms with Crippen molar-refractivity contribution in [3.63, 3.8) is 0 Å². The van der Waals surface area contributed by atoms with Crippen LogP contribution in [0.1, 0.15) is 24.6 Å². The van der Waals surface area contributed by atoms with Crippen LogP contribution in [0.15, 0.2) is 10.7 Å². The highest BCUT2D eigenvalue weighted by Gasteiger charge is 2.15. The third kappa shape index (κ3) is 2.80. The van der Waals surface area contributed by atoms with E-state index < -0.39 is 6.10 Å². The Morgan fingerprint density at radius 2 is 2.43 bits per heavy atom. The van der Waals surface area contributed by atoms with E-state index in [1.807, 2.05) is 7.05 Å². The number of ether oxygens (including phenoxy) is 1. The smallest absolute Gasteiger partial charge is 0.0968 e. The summed E-state index contributed by atoms with van der Waals surface area (Å²) in [5.41, 5.74) is 0.820. The molecule has 5 heteroatoms. The quantitative estimate of drug-likeness (QED) is 0.821. The van der Waals surface area contributed by atoms with Crippen LogP contribution in [0.2, 0.25) is 0 Å². The highest BCUT2D eigenvalue weighted by atomic mass is 79.9. The molecule has 0 bridgehead atoms. The molecule has 80 valence electrons. The summed E-state index contributed by atoms with van der Waals surface area (Å²) < 4.78 is 7.46. The largest absolute Gasteiger partial charge is 0.387 e. The number of hydrogen-bond donors (Lipinski definition) is 1. The molecule has 0 spiro atoms. The molecule has 0 aliphatic carbocycles. The van der Waals surface area contributed by atoms with Crippen LogP contribution in [0.4, 0.5) is 0 Å². The van der Waals surface area contributed by atoms with E-state index in [0.29, 0.717) is 13.0 Å². The van der Waals surface area contributed by atoms with Crippen molar-refractivity contribution in [3.05, 3.63) is 16.4 Å². The first-order chi connectivity index (χ1) is 6.66. The molecular formula is C9H15BrN2O2. The van der Waals surface area contributed by atoms with E-state index in [-0.39, 0.29) is 0 Å². The van der Waals surface area contributed by atoms with Gasteiger partial charge in [0, 0.05) is 20.8 Å². The third-order valence-corrected chi connectivity index (χ3v) is 2.69. The maximum Gasteiger partial charge on any atom is 0.0968 e. The molecule has 1 atom stereocenters. The van der Waals surface area contributed by atoms with Crippen LogP contribution in [0.3, 0.4) is 0 Å².